The number of pyridine rings is 1. The first kappa shape index (κ1) is 19.4. The van der Waals surface area contributed by atoms with E-state index in [9.17, 15) is 10.3 Å². The van der Waals surface area contributed by atoms with Crippen LogP contribution in [-0.4, -0.2) is 38.9 Å². The van der Waals surface area contributed by atoms with Gasteiger partial charge >= 0.3 is 0 Å². The normalized spacial score (nSPS) is 17.0. The van der Waals surface area contributed by atoms with E-state index < -0.39 is 0 Å². The Labute approximate surface area is 170 Å². The molecule has 3 aromatic heterocycles. The monoisotopic (exact) mass is 398 g/mol. The smallest absolute Gasteiger partial charge is 0.185 e. The van der Waals surface area contributed by atoms with Gasteiger partial charge < -0.3 is 20.5 Å². The molecule has 4 heterocycles. The van der Waals surface area contributed by atoms with Crippen molar-refractivity contribution in [3.8, 4) is 0 Å². The van der Waals surface area contributed by atoms with Crippen LogP contribution in [-0.2, 0) is 13.0 Å². The number of aliphatic hydroxyl groups excluding tert-OH is 1. The molecule has 0 amide bonds. The number of hydrogen-bond donors (Lipinski definition) is 2. The molecule has 4 rings (SSSR count). The molecule has 8 heteroatoms. The largest absolute Gasteiger partial charge is 0.619 e. The van der Waals surface area contributed by atoms with Crippen molar-refractivity contribution in [3.63, 3.8) is 0 Å². The van der Waals surface area contributed by atoms with Crippen LogP contribution in [0.5, 0.6) is 0 Å². The molecule has 1 saturated heterocycles. The van der Waals surface area contributed by atoms with Gasteiger partial charge in [-0.1, -0.05) is 6.92 Å². The number of nitrogens with zero attached hydrogens (tertiary/aromatic N) is 5. The van der Waals surface area contributed by atoms with Crippen LogP contribution in [0.3, 0.4) is 0 Å². The number of rotatable bonds is 7. The van der Waals surface area contributed by atoms with E-state index in [1.807, 2.05) is 22.8 Å². The first-order chi connectivity index (χ1) is 14.2. The molecule has 1 fully saturated rings. The number of aryl methyl sites for hydroxylation is 1. The Bertz CT molecular complexity index is 971. The molecule has 29 heavy (non-hydrogen) atoms. The maximum Gasteiger partial charge on any atom is 0.185 e. The zero-order chi connectivity index (χ0) is 20.2. The van der Waals surface area contributed by atoms with E-state index in [1.54, 1.807) is 12.3 Å². The third kappa shape index (κ3) is 4.12. The minimum atomic E-state index is 0.185. The lowest BCUT2D eigenvalue weighted by Gasteiger charge is -2.36. The molecule has 0 aliphatic carbocycles. The fraction of sp³-hybridized carbons (Fsp3) is 0.476. The van der Waals surface area contributed by atoms with Gasteiger partial charge in [-0.2, -0.15) is 14.3 Å². The van der Waals surface area contributed by atoms with Crippen LogP contribution in [0.2, 0.25) is 0 Å². The Balaban J connectivity index is 1.69. The quantitative estimate of drug-likeness (QED) is 0.469. The van der Waals surface area contributed by atoms with Crippen molar-refractivity contribution in [2.24, 2.45) is 0 Å². The Morgan fingerprint density at radius 2 is 2.31 bits per heavy atom. The molecule has 0 saturated carbocycles. The second-order valence-electron chi connectivity index (χ2n) is 7.54. The molecule has 0 bridgehead atoms. The van der Waals surface area contributed by atoms with E-state index in [1.165, 1.54) is 12.6 Å². The summed E-state index contributed by atoms with van der Waals surface area (Å²) in [7, 11) is 0. The summed E-state index contributed by atoms with van der Waals surface area (Å²) in [6.45, 7) is 3.75. The number of aliphatic hydroxyl groups is 1. The van der Waals surface area contributed by atoms with E-state index in [4.69, 9.17) is 4.98 Å². The fourth-order valence-electron chi connectivity index (χ4n) is 4.07. The summed E-state index contributed by atoms with van der Waals surface area (Å²) in [5, 5.41) is 29.0. The van der Waals surface area contributed by atoms with Crippen LogP contribution in [0.1, 0.15) is 43.7 Å². The zero-order valence-electron chi connectivity index (χ0n) is 16.8. The predicted octanol–water partition coefficient (Wildman–Crippen LogP) is 2.28. The van der Waals surface area contributed by atoms with E-state index in [2.05, 4.69) is 22.2 Å². The molecule has 3 aromatic rings. The van der Waals surface area contributed by atoms with Crippen LogP contribution < -0.4 is 14.9 Å². The third-order valence-electron chi connectivity index (χ3n) is 5.61. The van der Waals surface area contributed by atoms with Gasteiger partial charge in [0.2, 0.25) is 0 Å². The van der Waals surface area contributed by atoms with Crippen molar-refractivity contribution < 1.29 is 9.84 Å². The lowest BCUT2D eigenvalue weighted by atomic mass is 10.0. The average molecular weight is 398 g/mol. The van der Waals surface area contributed by atoms with Gasteiger partial charge in [-0.25, -0.2) is 4.98 Å². The first-order valence-corrected chi connectivity index (χ1v) is 10.4. The molecule has 8 nitrogen and oxygen atoms in total. The van der Waals surface area contributed by atoms with E-state index in [0.717, 1.165) is 65.4 Å². The molecule has 0 aromatic carbocycles. The van der Waals surface area contributed by atoms with Crippen molar-refractivity contribution in [2.45, 2.75) is 51.6 Å². The van der Waals surface area contributed by atoms with Gasteiger partial charge in [0, 0.05) is 49.0 Å². The molecule has 1 aliphatic heterocycles. The lowest BCUT2D eigenvalue weighted by molar-refractivity contribution is -0.605. The first-order valence-electron chi connectivity index (χ1n) is 10.4. The van der Waals surface area contributed by atoms with Crippen LogP contribution >= 0.6 is 0 Å². The Morgan fingerprint density at radius 1 is 1.41 bits per heavy atom. The van der Waals surface area contributed by atoms with Gasteiger partial charge in [-0.15, -0.1) is 0 Å². The average Bonchev–Trinajstić information content (AvgIpc) is 3.16. The Morgan fingerprint density at radius 3 is 3.10 bits per heavy atom. The second-order valence-corrected chi connectivity index (χ2v) is 7.54. The van der Waals surface area contributed by atoms with Crippen LogP contribution in [0.25, 0.3) is 5.65 Å². The highest BCUT2D eigenvalue weighted by molar-refractivity contribution is 5.61. The molecule has 0 spiro atoms. The molecule has 1 atom stereocenters. The third-order valence-corrected chi connectivity index (χ3v) is 5.61. The summed E-state index contributed by atoms with van der Waals surface area (Å²) in [5.74, 6) is 1.76. The van der Waals surface area contributed by atoms with Gasteiger partial charge in [-0.3, -0.25) is 0 Å². The number of nitrogens with one attached hydrogen (secondary N) is 1. The van der Waals surface area contributed by atoms with Gasteiger partial charge in [0.05, 0.1) is 6.20 Å². The maximum atomic E-state index is 11.5. The van der Waals surface area contributed by atoms with Gasteiger partial charge in [0.25, 0.3) is 0 Å². The predicted molar refractivity (Wildman–Crippen MR) is 112 cm³/mol. The molecule has 0 radical (unpaired) electrons. The summed E-state index contributed by atoms with van der Waals surface area (Å²) < 4.78 is 2.64. The summed E-state index contributed by atoms with van der Waals surface area (Å²) in [6.07, 6.45) is 9.91. The second kappa shape index (κ2) is 8.65. The van der Waals surface area contributed by atoms with Crippen molar-refractivity contribution in [2.75, 3.05) is 23.4 Å². The number of piperidine rings is 1. The van der Waals surface area contributed by atoms with Gasteiger partial charge in [0.15, 0.2) is 18.0 Å². The van der Waals surface area contributed by atoms with Crippen LogP contribution in [0.15, 0.2) is 36.8 Å². The SMILES string of the molecule is CCc1cnn2c(NCc3ccc[n+]([O-])c3)[14cH]c(N3CCCC[C@H]3CCO)nc12. The molecule has 154 valence electrons. The van der Waals surface area contributed by atoms with Crippen LogP contribution in [0.4, 0.5) is 11.6 Å². The van der Waals surface area contributed by atoms with E-state index in [-0.39, 0.29) is 6.61 Å². The van der Waals surface area contributed by atoms with Crippen molar-refractivity contribution >= 4 is 17.3 Å². The zero-order valence-corrected chi connectivity index (χ0v) is 16.8. The molecular formula is C21H28N6O2. The van der Waals surface area contributed by atoms with Crippen molar-refractivity contribution in [1.82, 2.24) is 14.6 Å². The van der Waals surface area contributed by atoms with Crippen LogP contribution in [0, 0.1) is 5.21 Å². The highest BCUT2D eigenvalue weighted by atomic mass is 16.5. The highest BCUT2D eigenvalue weighted by Crippen LogP contribution is 2.28. The lowest BCUT2D eigenvalue weighted by Crippen LogP contribution is -2.40. The van der Waals surface area contributed by atoms with E-state index >= 15 is 0 Å². The topological polar surface area (TPSA) is 92.6 Å². The Kier molecular flexibility index (Phi) is 5.80. The number of aromatic nitrogens is 4. The van der Waals surface area contributed by atoms with Gasteiger partial charge in [-0.05, 0) is 38.2 Å². The van der Waals surface area contributed by atoms with Crippen molar-refractivity contribution in [1.29, 1.82) is 0 Å². The number of hydrogen-bond acceptors (Lipinski definition) is 6. The molecule has 1 aliphatic rings. The van der Waals surface area contributed by atoms with E-state index in [0.29, 0.717) is 12.6 Å². The number of anilines is 2. The number of fused-ring (bicyclic) bond motifs is 1. The highest BCUT2D eigenvalue weighted by Gasteiger charge is 2.24. The summed E-state index contributed by atoms with van der Waals surface area (Å²) in [5.41, 5.74) is 2.85. The fourth-order valence-corrected chi connectivity index (χ4v) is 4.07. The molecule has 0 unspecified atom stereocenters. The summed E-state index contributed by atoms with van der Waals surface area (Å²) in [4.78, 5) is 7.27. The standard InChI is InChI=1S/C21H28N6O2/c1-2-17-14-23-27-19(22-13-16-6-5-9-25(29)15-16)12-20(24-21(17)27)26-10-4-3-7-18(26)8-11-28/h5-6,9,12,14-15,18,22,28H,2-4,7-8,10-11,13H2,1H3/t18-/m0/s1/i12+2. The van der Waals surface area contributed by atoms with Gasteiger partial charge in [0.1, 0.15) is 11.6 Å². The van der Waals surface area contributed by atoms with Crippen molar-refractivity contribution in [3.05, 3.63) is 53.1 Å². The Hall–Kier alpha value is -2.87. The molecular weight excluding hydrogens is 370 g/mol. The maximum absolute atomic E-state index is 11.5. The summed E-state index contributed by atoms with van der Waals surface area (Å²) >= 11 is 0. The minimum absolute atomic E-state index is 0.185. The molecule has 2 N–H and O–H groups in total. The minimum Gasteiger partial charge on any atom is -0.619 e. The summed E-state index contributed by atoms with van der Waals surface area (Å²) in [6, 6.07) is 6.00.